The van der Waals surface area contributed by atoms with Gasteiger partial charge in [0.25, 0.3) is 0 Å². The van der Waals surface area contributed by atoms with E-state index in [1.54, 1.807) is 0 Å². The number of hydrogen-bond donors (Lipinski definition) is 3. The van der Waals surface area contributed by atoms with Crippen LogP contribution in [-0.2, 0) is 0 Å². The van der Waals surface area contributed by atoms with Gasteiger partial charge in [0.15, 0.2) is 0 Å². The van der Waals surface area contributed by atoms with Crippen molar-refractivity contribution in [1.29, 1.82) is 0 Å². The maximum atomic E-state index is 9.78. The zero-order valence-corrected chi connectivity index (χ0v) is 17.3. The maximum absolute atomic E-state index is 9.78. The van der Waals surface area contributed by atoms with Crippen LogP contribution in [-0.4, -0.2) is 22.7 Å². The molecule has 25 heavy (non-hydrogen) atoms. The van der Waals surface area contributed by atoms with Gasteiger partial charge in [-0.05, 0) is 19.3 Å². The van der Waals surface area contributed by atoms with Crippen LogP contribution in [0.1, 0.15) is 129 Å². The van der Waals surface area contributed by atoms with Crippen molar-refractivity contribution in [3.8, 4) is 0 Å². The summed E-state index contributed by atoms with van der Waals surface area (Å²) in [6.45, 7) is 4.31. The van der Waals surface area contributed by atoms with E-state index < -0.39 is 12.5 Å². The van der Waals surface area contributed by atoms with E-state index in [-0.39, 0.29) is 0 Å². The fourth-order valence-corrected chi connectivity index (χ4v) is 3.37. The topological polar surface area (TPSA) is 52.5 Å². The molecule has 0 aromatic carbocycles. The molecule has 0 saturated carbocycles. The molecule has 0 aromatic heterocycles. The van der Waals surface area contributed by atoms with E-state index in [9.17, 15) is 10.2 Å². The predicted molar refractivity (Wildman–Crippen MR) is 110 cm³/mol. The van der Waals surface area contributed by atoms with Gasteiger partial charge in [-0.15, -0.1) is 0 Å². The van der Waals surface area contributed by atoms with Crippen molar-refractivity contribution in [2.24, 2.45) is 0 Å². The molecule has 2 unspecified atom stereocenters. The van der Waals surface area contributed by atoms with Crippen molar-refractivity contribution in [1.82, 2.24) is 5.32 Å². The van der Waals surface area contributed by atoms with Crippen molar-refractivity contribution in [2.75, 3.05) is 0 Å². The van der Waals surface area contributed by atoms with Crippen LogP contribution in [0.15, 0.2) is 0 Å². The van der Waals surface area contributed by atoms with Gasteiger partial charge in [-0.25, -0.2) is 0 Å². The highest BCUT2D eigenvalue weighted by molar-refractivity contribution is 4.58. The minimum Gasteiger partial charge on any atom is -0.379 e. The smallest absolute Gasteiger partial charge is 0.106 e. The number of nitrogens with one attached hydrogen (secondary N) is 1. The quantitative estimate of drug-likeness (QED) is 0.178. The van der Waals surface area contributed by atoms with Gasteiger partial charge < -0.3 is 10.2 Å². The Balaban J connectivity index is 3.14. The fourth-order valence-electron chi connectivity index (χ4n) is 3.37. The Morgan fingerprint density at radius 1 is 0.480 bits per heavy atom. The van der Waals surface area contributed by atoms with Crippen LogP contribution in [0.25, 0.3) is 0 Å². The summed E-state index contributed by atoms with van der Waals surface area (Å²) in [5.74, 6) is 0. The monoisotopic (exact) mass is 357 g/mol. The summed E-state index contributed by atoms with van der Waals surface area (Å²) in [6, 6.07) is 0. The lowest BCUT2D eigenvalue weighted by Gasteiger charge is -2.17. The van der Waals surface area contributed by atoms with Crippen molar-refractivity contribution >= 4 is 0 Å². The Labute approximate surface area is 158 Å². The number of unbranched alkanes of at least 4 members (excludes halogenated alkanes) is 14. The normalized spacial score (nSPS) is 13.9. The molecule has 0 aliphatic carbocycles. The van der Waals surface area contributed by atoms with E-state index in [0.717, 1.165) is 19.3 Å². The van der Waals surface area contributed by atoms with Crippen LogP contribution in [0.2, 0.25) is 0 Å². The summed E-state index contributed by atoms with van der Waals surface area (Å²) in [5.41, 5.74) is 0. The van der Waals surface area contributed by atoms with E-state index in [0.29, 0.717) is 6.42 Å². The lowest BCUT2D eigenvalue weighted by atomic mass is 10.0. The average molecular weight is 358 g/mol. The standard InChI is InChI=1S/C22H47NO2/c1-3-5-6-7-8-9-10-11-12-13-14-15-16-17-18-20-22(25)23-21(24)19-4-2/h21-25H,3-20H2,1-2H3. The minimum atomic E-state index is -0.559. The zero-order chi connectivity index (χ0) is 18.6. The van der Waals surface area contributed by atoms with E-state index in [4.69, 9.17) is 0 Å². The first-order chi connectivity index (χ1) is 12.2. The van der Waals surface area contributed by atoms with Crippen molar-refractivity contribution < 1.29 is 10.2 Å². The Bertz CT molecular complexity index is 248. The zero-order valence-electron chi connectivity index (χ0n) is 17.3. The number of hydrogen-bond acceptors (Lipinski definition) is 3. The molecule has 3 heteroatoms. The van der Waals surface area contributed by atoms with E-state index in [1.807, 2.05) is 6.92 Å². The fraction of sp³-hybridized carbons (Fsp3) is 1.00. The number of aliphatic hydroxyl groups excluding tert-OH is 2. The van der Waals surface area contributed by atoms with Gasteiger partial charge in [0.1, 0.15) is 12.5 Å². The first-order valence-electron chi connectivity index (χ1n) is 11.3. The van der Waals surface area contributed by atoms with Crippen molar-refractivity contribution in [2.45, 2.75) is 142 Å². The summed E-state index contributed by atoms with van der Waals surface area (Å²) < 4.78 is 0. The molecule has 152 valence electrons. The molecule has 0 amide bonds. The van der Waals surface area contributed by atoms with Gasteiger partial charge in [-0.1, -0.05) is 110 Å². The first kappa shape index (κ1) is 24.9. The summed E-state index contributed by atoms with van der Waals surface area (Å²) in [5, 5.41) is 22.2. The van der Waals surface area contributed by atoms with Gasteiger partial charge in [-0.2, -0.15) is 0 Å². The molecule has 0 heterocycles. The lowest BCUT2D eigenvalue weighted by Crippen LogP contribution is -2.37. The molecule has 0 bridgehead atoms. The van der Waals surface area contributed by atoms with Crippen LogP contribution in [0.3, 0.4) is 0 Å². The molecule has 0 aliphatic heterocycles. The van der Waals surface area contributed by atoms with Crippen LogP contribution >= 0.6 is 0 Å². The average Bonchev–Trinajstić information content (AvgIpc) is 2.58. The third-order valence-electron chi connectivity index (χ3n) is 5.03. The molecule has 0 aromatic rings. The van der Waals surface area contributed by atoms with E-state index >= 15 is 0 Å². The summed E-state index contributed by atoms with van der Waals surface area (Å²) >= 11 is 0. The SMILES string of the molecule is CCCCCCCCCCCCCCCCCC(O)NC(O)CCC. The number of aliphatic hydroxyl groups is 2. The molecule has 0 spiro atoms. The third kappa shape index (κ3) is 20.0. The van der Waals surface area contributed by atoms with Gasteiger partial charge in [0, 0.05) is 0 Å². The van der Waals surface area contributed by atoms with E-state index in [1.165, 1.54) is 89.9 Å². The van der Waals surface area contributed by atoms with Crippen molar-refractivity contribution in [3.05, 3.63) is 0 Å². The summed E-state index contributed by atoms with van der Waals surface area (Å²) in [6.07, 6.45) is 21.7. The largest absolute Gasteiger partial charge is 0.379 e. The second-order valence-electron chi connectivity index (χ2n) is 7.73. The molecule has 3 N–H and O–H groups in total. The Morgan fingerprint density at radius 2 is 0.840 bits per heavy atom. The van der Waals surface area contributed by atoms with Crippen LogP contribution in [0, 0.1) is 0 Å². The van der Waals surface area contributed by atoms with E-state index in [2.05, 4.69) is 12.2 Å². The molecular formula is C22H47NO2. The highest BCUT2D eigenvalue weighted by atomic mass is 16.3. The molecular weight excluding hydrogens is 310 g/mol. The van der Waals surface area contributed by atoms with Gasteiger partial charge >= 0.3 is 0 Å². The Kier molecular flexibility index (Phi) is 20.1. The van der Waals surface area contributed by atoms with Crippen LogP contribution in [0.5, 0.6) is 0 Å². The maximum Gasteiger partial charge on any atom is 0.106 e. The molecule has 2 atom stereocenters. The molecule has 0 rings (SSSR count). The molecule has 0 saturated heterocycles. The van der Waals surface area contributed by atoms with Gasteiger partial charge in [-0.3, -0.25) is 5.32 Å². The highest BCUT2D eigenvalue weighted by Gasteiger charge is 2.08. The van der Waals surface area contributed by atoms with Crippen molar-refractivity contribution in [3.63, 3.8) is 0 Å². The van der Waals surface area contributed by atoms with Gasteiger partial charge in [0.2, 0.25) is 0 Å². The Hall–Kier alpha value is -0.120. The predicted octanol–water partition coefficient (Wildman–Crippen LogP) is 6.27. The third-order valence-corrected chi connectivity index (χ3v) is 5.03. The molecule has 0 fully saturated rings. The number of rotatable bonds is 20. The lowest BCUT2D eigenvalue weighted by molar-refractivity contribution is 0.0320. The second-order valence-corrected chi connectivity index (χ2v) is 7.73. The summed E-state index contributed by atoms with van der Waals surface area (Å²) in [7, 11) is 0. The second kappa shape index (κ2) is 20.2. The van der Waals surface area contributed by atoms with Crippen LogP contribution in [0.4, 0.5) is 0 Å². The molecule has 0 radical (unpaired) electrons. The van der Waals surface area contributed by atoms with Crippen LogP contribution < -0.4 is 5.32 Å². The molecule has 0 aliphatic rings. The van der Waals surface area contributed by atoms with Gasteiger partial charge in [0.05, 0.1) is 0 Å². The highest BCUT2D eigenvalue weighted by Crippen LogP contribution is 2.14. The Morgan fingerprint density at radius 3 is 1.24 bits per heavy atom. The first-order valence-corrected chi connectivity index (χ1v) is 11.3. The summed E-state index contributed by atoms with van der Waals surface area (Å²) in [4.78, 5) is 0. The molecule has 3 nitrogen and oxygen atoms in total. The minimum absolute atomic E-state index is 0.552.